The Labute approximate surface area is 185 Å². The van der Waals surface area contributed by atoms with Gasteiger partial charge in [0.25, 0.3) is 10.0 Å². The number of para-hydroxylation sites is 1. The molecule has 0 amide bonds. The number of sulfonamides is 1. The van der Waals surface area contributed by atoms with Gasteiger partial charge in [0.05, 0.1) is 23.3 Å². The monoisotopic (exact) mass is 455 g/mol. The van der Waals surface area contributed by atoms with Gasteiger partial charge in [0.1, 0.15) is 12.4 Å². The van der Waals surface area contributed by atoms with Gasteiger partial charge in [-0.2, -0.15) is 0 Å². The number of anilines is 1. The fourth-order valence-electron chi connectivity index (χ4n) is 3.69. The summed E-state index contributed by atoms with van der Waals surface area (Å²) in [5, 5.41) is 0. The summed E-state index contributed by atoms with van der Waals surface area (Å²) in [5.74, 6) is -1.11. The number of furan rings is 1. The van der Waals surface area contributed by atoms with Crippen LogP contribution in [0, 0.1) is 0 Å². The number of esters is 2. The van der Waals surface area contributed by atoms with Crippen LogP contribution in [0.25, 0.3) is 0 Å². The summed E-state index contributed by atoms with van der Waals surface area (Å²) < 4.78 is 43.2. The number of hydrogen-bond donors (Lipinski definition) is 0. The van der Waals surface area contributed by atoms with Gasteiger partial charge in [-0.1, -0.05) is 24.3 Å². The molecule has 0 bridgehead atoms. The average molecular weight is 455 g/mol. The van der Waals surface area contributed by atoms with Crippen LogP contribution in [-0.4, -0.2) is 33.5 Å². The van der Waals surface area contributed by atoms with E-state index in [4.69, 9.17) is 9.15 Å². The lowest BCUT2D eigenvalue weighted by Gasteiger charge is -2.24. The summed E-state index contributed by atoms with van der Waals surface area (Å²) in [6.07, 6.45) is 0.619. The van der Waals surface area contributed by atoms with E-state index in [9.17, 15) is 18.0 Å². The Morgan fingerprint density at radius 2 is 1.84 bits per heavy atom. The smallest absolute Gasteiger partial charge is 0.373 e. The number of nitrogens with zero attached hydrogens (tertiary/aromatic N) is 1. The van der Waals surface area contributed by atoms with Gasteiger partial charge < -0.3 is 13.9 Å². The molecule has 0 saturated carbocycles. The van der Waals surface area contributed by atoms with Gasteiger partial charge in [0.15, 0.2) is 0 Å². The van der Waals surface area contributed by atoms with Crippen molar-refractivity contribution in [2.24, 2.45) is 0 Å². The number of ether oxygens (including phenoxy) is 2. The summed E-state index contributed by atoms with van der Waals surface area (Å²) in [7, 11) is -2.65. The minimum atomic E-state index is -3.88. The van der Waals surface area contributed by atoms with E-state index >= 15 is 0 Å². The Morgan fingerprint density at radius 3 is 2.62 bits per heavy atom. The number of hydrogen-bond acceptors (Lipinski definition) is 7. The minimum Gasteiger partial charge on any atom is -0.463 e. The van der Waals surface area contributed by atoms with E-state index in [1.54, 1.807) is 12.1 Å². The van der Waals surface area contributed by atoms with Crippen molar-refractivity contribution in [3.8, 4) is 0 Å². The maximum absolute atomic E-state index is 13.4. The van der Waals surface area contributed by atoms with E-state index in [1.807, 2.05) is 19.1 Å². The fraction of sp³-hybridized carbons (Fsp3) is 0.217. The van der Waals surface area contributed by atoms with Gasteiger partial charge in [-0.15, -0.1) is 0 Å². The first kappa shape index (κ1) is 21.6. The van der Waals surface area contributed by atoms with Gasteiger partial charge >= 0.3 is 11.9 Å². The highest BCUT2D eigenvalue weighted by Crippen LogP contribution is 2.36. The van der Waals surface area contributed by atoms with Crippen LogP contribution in [-0.2, 0) is 32.5 Å². The number of carbonyl (C=O) groups excluding carboxylic acids is 2. The second-order valence-corrected chi connectivity index (χ2v) is 9.16. The second-order valence-electron chi connectivity index (χ2n) is 7.34. The van der Waals surface area contributed by atoms with Gasteiger partial charge in [-0.25, -0.2) is 18.0 Å². The minimum absolute atomic E-state index is 0.00137. The molecule has 0 saturated heterocycles. The SMILES string of the molecule is COC(=O)c1ccc(COC(=O)c2cccc(S(=O)(=O)N3c4ccccc4CC3C)c2)o1. The molecule has 0 radical (unpaired) electrons. The molecule has 1 aliphatic heterocycles. The zero-order valence-corrected chi connectivity index (χ0v) is 18.3. The molecule has 0 aliphatic carbocycles. The van der Waals surface area contributed by atoms with Crippen molar-refractivity contribution in [1.82, 2.24) is 0 Å². The molecule has 0 fully saturated rings. The molecule has 1 aliphatic rings. The molecular formula is C23H21NO7S. The molecule has 32 heavy (non-hydrogen) atoms. The maximum Gasteiger partial charge on any atom is 0.373 e. The van der Waals surface area contributed by atoms with Crippen LogP contribution in [0.5, 0.6) is 0 Å². The Bertz CT molecular complexity index is 1280. The average Bonchev–Trinajstić information content (AvgIpc) is 3.40. The van der Waals surface area contributed by atoms with Crippen LogP contribution >= 0.6 is 0 Å². The molecule has 1 unspecified atom stereocenters. The Balaban J connectivity index is 1.52. The second kappa shape index (κ2) is 8.51. The van der Waals surface area contributed by atoms with Crippen LogP contribution in [0.2, 0.25) is 0 Å². The third-order valence-electron chi connectivity index (χ3n) is 5.17. The first-order valence-electron chi connectivity index (χ1n) is 9.88. The molecule has 0 spiro atoms. The quantitative estimate of drug-likeness (QED) is 0.524. The Hall–Kier alpha value is -3.59. The molecule has 0 N–H and O–H groups in total. The van der Waals surface area contributed by atoms with Crippen LogP contribution in [0.1, 0.15) is 39.2 Å². The lowest BCUT2D eigenvalue weighted by atomic mass is 10.1. The molecule has 4 rings (SSSR count). The molecule has 2 heterocycles. The summed E-state index contributed by atoms with van der Waals surface area (Å²) in [6, 6.07) is 15.8. The molecule has 1 atom stereocenters. The van der Waals surface area contributed by atoms with Crippen molar-refractivity contribution in [2.45, 2.75) is 30.9 Å². The molecule has 166 valence electrons. The number of methoxy groups -OCH3 is 1. The highest BCUT2D eigenvalue weighted by molar-refractivity contribution is 7.92. The molecule has 1 aromatic heterocycles. The molecule has 9 heteroatoms. The Kier molecular flexibility index (Phi) is 5.75. The van der Waals surface area contributed by atoms with Gasteiger partial charge in [0.2, 0.25) is 5.76 Å². The summed E-state index contributed by atoms with van der Waals surface area (Å²) >= 11 is 0. The highest BCUT2D eigenvalue weighted by atomic mass is 32.2. The summed E-state index contributed by atoms with van der Waals surface area (Å²) in [6.45, 7) is 1.63. The van der Waals surface area contributed by atoms with Gasteiger partial charge in [-0.3, -0.25) is 4.31 Å². The molecular weight excluding hydrogens is 434 g/mol. The third kappa shape index (κ3) is 3.99. The topological polar surface area (TPSA) is 103 Å². The third-order valence-corrected chi connectivity index (χ3v) is 7.09. The van der Waals surface area contributed by atoms with Crippen LogP contribution in [0.3, 0.4) is 0 Å². The summed E-state index contributed by atoms with van der Waals surface area (Å²) in [5.41, 5.74) is 1.70. The molecule has 2 aromatic carbocycles. The normalized spacial score (nSPS) is 15.3. The van der Waals surface area contributed by atoms with Crippen molar-refractivity contribution in [2.75, 3.05) is 11.4 Å². The zero-order chi connectivity index (χ0) is 22.9. The summed E-state index contributed by atoms with van der Waals surface area (Å²) in [4.78, 5) is 24.0. The molecule has 8 nitrogen and oxygen atoms in total. The highest BCUT2D eigenvalue weighted by Gasteiger charge is 2.36. The number of rotatable bonds is 6. The van der Waals surface area contributed by atoms with Crippen LogP contribution in [0.4, 0.5) is 5.69 Å². The standard InChI is InChI=1S/C23H21NO7S/c1-15-12-16-6-3-4-9-20(16)24(15)32(27,28)19-8-5-7-17(13-19)22(25)30-14-18-10-11-21(31-18)23(26)29-2/h3-11,13,15H,12,14H2,1-2H3. The van der Waals surface area contributed by atoms with E-state index in [1.165, 1.54) is 47.8 Å². The zero-order valence-electron chi connectivity index (χ0n) is 17.5. The number of benzene rings is 2. The predicted octanol–water partition coefficient (Wildman–Crippen LogP) is 3.56. The molecule has 3 aromatic rings. The van der Waals surface area contributed by atoms with E-state index in [2.05, 4.69) is 4.74 Å². The lowest BCUT2D eigenvalue weighted by Crippen LogP contribution is -2.35. The van der Waals surface area contributed by atoms with Crippen LogP contribution < -0.4 is 4.31 Å². The maximum atomic E-state index is 13.4. The Morgan fingerprint density at radius 1 is 1.06 bits per heavy atom. The van der Waals surface area contributed by atoms with E-state index in [0.29, 0.717) is 12.1 Å². The number of carbonyl (C=O) groups is 2. The van der Waals surface area contributed by atoms with Gasteiger partial charge in [0, 0.05) is 6.04 Å². The lowest BCUT2D eigenvalue weighted by molar-refractivity contribution is 0.0438. The van der Waals surface area contributed by atoms with Crippen molar-refractivity contribution in [1.29, 1.82) is 0 Å². The van der Waals surface area contributed by atoms with Crippen LogP contribution in [0.15, 0.2) is 70.0 Å². The van der Waals surface area contributed by atoms with Crippen molar-refractivity contribution < 1.29 is 31.9 Å². The van der Waals surface area contributed by atoms with E-state index < -0.39 is 22.0 Å². The van der Waals surface area contributed by atoms with Crippen molar-refractivity contribution >= 4 is 27.6 Å². The predicted molar refractivity (Wildman–Crippen MR) is 115 cm³/mol. The van der Waals surface area contributed by atoms with E-state index in [0.717, 1.165) is 5.56 Å². The van der Waals surface area contributed by atoms with Crippen molar-refractivity contribution in [3.05, 3.63) is 83.3 Å². The first-order valence-corrected chi connectivity index (χ1v) is 11.3. The first-order chi connectivity index (χ1) is 15.3. The number of fused-ring (bicyclic) bond motifs is 1. The fourth-order valence-corrected chi connectivity index (χ4v) is 5.43. The van der Waals surface area contributed by atoms with E-state index in [-0.39, 0.29) is 34.6 Å². The van der Waals surface area contributed by atoms with Crippen molar-refractivity contribution in [3.63, 3.8) is 0 Å². The largest absolute Gasteiger partial charge is 0.463 e. The van der Waals surface area contributed by atoms with Gasteiger partial charge in [-0.05, 0) is 55.3 Å².